The summed E-state index contributed by atoms with van der Waals surface area (Å²) in [5.74, 6) is 2.37. The molecular formula is C19H38IN3O3S. The largest absolute Gasteiger partial charge is 0.381 e. The average molecular weight is 516 g/mol. The van der Waals surface area contributed by atoms with E-state index in [2.05, 4.69) is 22.5 Å². The van der Waals surface area contributed by atoms with Crippen molar-refractivity contribution in [1.82, 2.24) is 10.6 Å². The quantitative estimate of drug-likeness (QED) is 0.310. The summed E-state index contributed by atoms with van der Waals surface area (Å²) in [7, 11) is -3.18. The Morgan fingerprint density at radius 2 is 1.93 bits per heavy atom. The maximum absolute atomic E-state index is 12.4. The third-order valence-corrected chi connectivity index (χ3v) is 8.06. The van der Waals surface area contributed by atoms with Crippen molar-refractivity contribution in [2.24, 2.45) is 16.8 Å². The molecule has 2 aliphatic rings. The van der Waals surface area contributed by atoms with E-state index in [9.17, 15) is 8.42 Å². The molecule has 1 aliphatic heterocycles. The molecule has 0 amide bonds. The Kier molecular flexibility index (Phi) is 10.9. The van der Waals surface area contributed by atoms with Gasteiger partial charge in [-0.2, -0.15) is 0 Å². The zero-order valence-electron chi connectivity index (χ0n) is 17.1. The molecule has 0 bridgehead atoms. The van der Waals surface area contributed by atoms with Crippen LogP contribution in [-0.4, -0.2) is 58.2 Å². The standard InChI is InChI=1S/C19H37N3O3S.HI/c1-4-20-18(21-11-8-17-7-5-6-16(2)14-17)22-15-19(26(3,23)24)9-12-25-13-10-19;/h16-17H,4-15H2,1-3H3,(H2,20,21,22);1H. The molecule has 1 saturated carbocycles. The minimum absolute atomic E-state index is 0. The van der Waals surface area contributed by atoms with E-state index in [0.29, 0.717) is 32.6 Å². The van der Waals surface area contributed by atoms with E-state index in [1.165, 1.54) is 31.9 Å². The highest BCUT2D eigenvalue weighted by Crippen LogP contribution is 2.31. The first-order valence-electron chi connectivity index (χ1n) is 10.2. The van der Waals surface area contributed by atoms with E-state index in [-0.39, 0.29) is 24.0 Å². The Morgan fingerprint density at radius 1 is 1.22 bits per heavy atom. The summed E-state index contributed by atoms with van der Waals surface area (Å²) >= 11 is 0. The molecule has 2 atom stereocenters. The minimum atomic E-state index is -3.18. The number of sulfone groups is 1. The van der Waals surface area contributed by atoms with Crippen LogP contribution in [0.2, 0.25) is 0 Å². The molecule has 0 radical (unpaired) electrons. The molecule has 8 heteroatoms. The molecule has 27 heavy (non-hydrogen) atoms. The number of guanidine groups is 1. The fraction of sp³-hybridized carbons (Fsp3) is 0.947. The van der Waals surface area contributed by atoms with Crippen molar-refractivity contribution in [3.63, 3.8) is 0 Å². The van der Waals surface area contributed by atoms with Crippen LogP contribution >= 0.6 is 24.0 Å². The second-order valence-electron chi connectivity index (χ2n) is 8.12. The monoisotopic (exact) mass is 515 g/mol. The van der Waals surface area contributed by atoms with Gasteiger partial charge in [0, 0.05) is 32.6 Å². The number of hydrogen-bond donors (Lipinski definition) is 2. The molecule has 0 aromatic rings. The zero-order valence-corrected chi connectivity index (χ0v) is 20.3. The van der Waals surface area contributed by atoms with Crippen molar-refractivity contribution in [3.8, 4) is 0 Å². The maximum atomic E-state index is 12.4. The number of ether oxygens (including phenoxy) is 1. The molecule has 1 aliphatic carbocycles. The lowest BCUT2D eigenvalue weighted by Gasteiger charge is -2.34. The molecule has 0 spiro atoms. The second-order valence-corrected chi connectivity index (χ2v) is 10.5. The fourth-order valence-electron chi connectivity index (χ4n) is 4.17. The van der Waals surface area contributed by atoms with E-state index in [1.807, 2.05) is 6.92 Å². The molecular weight excluding hydrogens is 477 g/mol. The predicted molar refractivity (Wildman–Crippen MR) is 123 cm³/mol. The maximum Gasteiger partial charge on any atom is 0.191 e. The van der Waals surface area contributed by atoms with Crippen LogP contribution < -0.4 is 10.6 Å². The number of hydrogen-bond acceptors (Lipinski definition) is 4. The summed E-state index contributed by atoms with van der Waals surface area (Å²) < 4.78 is 29.3. The molecule has 1 heterocycles. The normalized spacial score (nSPS) is 26.1. The SMILES string of the molecule is CCNC(=NCC1(S(C)(=O)=O)CCOCC1)NCCC1CCCC(C)C1.I. The third kappa shape index (κ3) is 7.68. The molecule has 1 saturated heterocycles. The highest BCUT2D eigenvalue weighted by molar-refractivity contribution is 14.0. The Hall–Kier alpha value is -0.0900. The Morgan fingerprint density at radius 3 is 2.52 bits per heavy atom. The Bertz CT molecular complexity index is 563. The van der Waals surface area contributed by atoms with Gasteiger partial charge < -0.3 is 15.4 Å². The summed E-state index contributed by atoms with van der Waals surface area (Å²) in [6.45, 7) is 7.31. The van der Waals surface area contributed by atoms with Crippen LogP contribution in [0.4, 0.5) is 0 Å². The predicted octanol–water partition coefficient (Wildman–Crippen LogP) is 2.97. The number of nitrogens with zero attached hydrogens (tertiary/aromatic N) is 1. The zero-order chi connectivity index (χ0) is 19.0. The van der Waals surface area contributed by atoms with E-state index in [4.69, 9.17) is 4.74 Å². The van der Waals surface area contributed by atoms with Gasteiger partial charge >= 0.3 is 0 Å². The van der Waals surface area contributed by atoms with E-state index < -0.39 is 14.6 Å². The highest BCUT2D eigenvalue weighted by atomic mass is 127. The Labute approximate surface area is 182 Å². The van der Waals surface area contributed by atoms with Crippen LogP contribution in [0, 0.1) is 11.8 Å². The second kappa shape index (κ2) is 11.8. The lowest BCUT2D eigenvalue weighted by Crippen LogP contribution is -2.47. The number of aliphatic imine (C=N–C) groups is 1. The lowest BCUT2D eigenvalue weighted by molar-refractivity contribution is 0.0768. The van der Waals surface area contributed by atoms with Crippen LogP contribution in [-0.2, 0) is 14.6 Å². The third-order valence-electron chi connectivity index (χ3n) is 5.95. The molecule has 160 valence electrons. The van der Waals surface area contributed by atoms with Crippen molar-refractivity contribution in [2.45, 2.75) is 63.5 Å². The van der Waals surface area contributed by atoms with E-state index >= 15 is 0 Å². The van der Waals surface area contributed by atoms with Gasteiger partial charge in [0.05, 0.1) is 11.3 Å². The van der Waals surface area contributed by atoms with Crippen molar-refractivity contribution < 1.29 is 13.2 Å². The van der Waals surface area contributed by atoms with Crippen LogP contribution in [0.3, 0.4) is 0 Å². The first-order chi connectivity index (χ1) is 12.4. The molecule has 2 rings (SSSR count). The van der Waals surface area contributed by atoms with Crippen LogP contribution in [0.5, 0.6) is 0 Å². The summed E-state index contributed by atoms with van der Waals surface area (Å²) in [6, 6.07) is 0. The minimum Gasteiger partial charge on any atom is -0.381 e. The van der Waals surface area contributed by atoms with Gasteiger partial charge in [-0.3, -0.25) is 4.99 Å². The summed E-state index contributed by atoms with van der Waals surface area (Å²) in [5.41, 5.74) is 0. The van der Waals surface area contributed by atoms with Crippen LogP contribution in [0.15, 0.2) is 4.99 Å². The first-order valence-corrected chi connectivity index (χ1v) is 12.0. The smallest absolute Gasteiger partial charge is 0.191 e. The van der Waals surface area contributed by atoms with E-state index in [0.717, 1.165) is 37.3 Å². The summed E-state index contributed by atoms with van der Waals surface area (Å²) in [5, 5.41) is 6.65. The van der Waals surface area contributed by atoms with Crippen molar-refractivity contribution >= 4 is 39.8 Å². The van der Waals surface area contributed by atoms with Gasteiger partial charge in [-0.25, -0.2) is 8.42 Å². The van der Waals surface area contributed by atoms with Crippen LogP contribution in [0.1, 0.15) is 58.8 Å². The lowest BCUT2D eigenvalue weighted by atomic mass is 9.81. The molecule has 2 unspecified atom stereocenters. The molecule has 0 aromatic heterocycles. The van der Waals surface area contributed by atoms with Gasteiger partial charge in [0.15, 0.2) is 15.8 Å². The first kappa shape index (κ1) is 24.9. The van der Waals surface area contributed by atoms with Crippen LogP contribution in [0.25, 0.3) is 0 Å². The van der Waals surface area contributed by atoms with Gasteiger partial charge in [0.25, 0.3) is 0 Å². The average Bonchev–Trinajstić information content (AvgIpc) is 2.59. The molecule has 2 N–H and O–H groups in total. The van der Waals surface area contributed by atoms with Gasteiger partial charge in [0.2, 0.25) is 0 Å². The molecule has 0 aromatic carbocycles. The van der Waals surface area contributed by atoms with Crippen molar-refractivity contribution in [1.29, 1.82) is 0 Å². The number of halogens is 1. The van der Waals surface area contributed by atoms with Gasteiger partial charge in [-0.1, -0.05) is 26.2 Å². The van der Waals surface area contributed by atoms with Gasteiger partial charge in [-0.05, 0) is 44.4 Å². The van der Waals surface area contributed by atoms with Crippen molar-refractivity contribution in [3.05, 3.63) is 0 Å². The van der Waals surface area contributed by atoms with Gasteiger partial charge in [0.1, 0.15) is 0 Å². The highest BCUT2D eigenvalue weighted by Gasteiger charge is 2.42. The number of nitrogens with one attached hydrogen (secondary N) is 2. The summed E-state index contributed by atoms with van der Waals surface area (Å²) in [6.07, 6.45) is 8.90. The molecule has 2 fully saturated rings. The molecule has 6 nitrogen and oxygen atoms in total. The fourth-order valence-corrected chi connectivity index (χ4v) is 5.38. The summed E-state index contributed by atoms with van der Waals surface area (Å²) in [4.78, 5) is 4.63. The van der Waals surface area contributed by atoms with Crippen molar-refractivity contribution in [2.75, 3.05) is 39.1 Å². The number of rotatable bonds is 7. The van der Waals surface area contributed by atoms with Gasteiger partial charge in [-0.15, -0.1) is 24.0 Å². The van der Waals surface area contributed by atoms with E-state index in [1.54, 1.807) is 0 Å². The topological polar surface area (TPSA) is 79.8 Å². The Balaban J connectivity index is 0.00000364.